The summed E-state index contributed by atoms with van der Waals surface area (Å²) in [6.45, 7) is 1.92. The molecule has 5 heteroatoms. The van der Waals surface area contributed by atoms with E-state index in [9.17, 15) is 4.39 Å². The maximum atomic E-state index is 13.7. The van der Waals surface area contributed by atoms with Crippen LogP contribution in [0.1, 0.15) is 18.5 Å². The van der Waals surface area contributed by atoms with Crippen molar-refractivity contribution in [3.63, 3.8) is 0 Å². The number of rotatable bonds is 3. The molecule has 3 aromatic rings. The Morgan fingerprint density at radius 2 is 2.05 bits per heavy atom. The van der Waals surface area contributed by atoms with Crippen LogP contribution in [-0.2, 0) is 0 Å². The minimum atomic E-state index is -0.210. The van der Waals surface area contributed by atoms with E-state index >= 15 is 0 Å². The Hall–Kier alpha value is -2.01. The van der Waals surface area contributed by atoms with E-state index in [1.807, 2.05) is 24.4 Å². The highest BCUT2D eigenvalue weighted by atomic mass is 32.1. The van der Waals surface area contributed by atoms with Crippen LogP contribution < -0.4 is 5.32 Å². The molecule has 3 nitrogen and oxygen atoms in total. The molecule has 1 unspecified atom stereocenters. The molecule has 1 N–H and O–H groups in total. The maximum Gasteiger partial charge on any atom is 0.138 e. The van der Waals surface area contributed by atoms with Crippen LogP contribution in [-0.4, -0.2) is 9.97 Å². The van der Waals surface area contributed by atoms with E-state index < -0.39 is 0 Å². The topological polar surface area (TPSA) is 37.8 Å². The lowest BCUT2D eigenvalue weighted by Crippen LogP contribution is -2.09. The number of nitrogens with zero attached hydrogens (tertiary/aromatic N) is 2. The van der Waals surface area contributed by atoms with Crippen molar-refractivity contribution in [1.82, 2.24) is 9.97 Å². The number of halogens is 1. The molecule has 1 aromatic carbocycles. The van der Waals surface area contributed by atoms with Crippen LogP contribution in [0.5, 0.6) is 0 Å². The SMILES string of the molecule is CC(Nc1ncnc2sccc12)c1ccccc1F. The fraction of sp³-hybridized carbons (Fsp3) is 0.143. The minimum absolute atomic E-state index is 0.154. The Bertz CT molecular complexity index is 710. The van der Waals surface area contributed by atoms with Crippen LogP contribution >= 0.6 is 11.3 Å². The van der Waals surface area contributed by atoms with Gasteiger partial charge in [0, 0.05) is 5.56 Å². The van der Waals surface area contributed by atoms with Gasteiger partial charge in [-0.25, -0.2) is 14.4 Å². The van der Waals surface area contributed by atoms with Crippen molar-refractivity contribution in [1.29, 1.82) is 0 Å². The van der Waals surface area contributed by atoms with Crippen LogP contribution in [0.4, 0.5) is 10.2 Å². The molecule has 0 aliphatic carbocycles. The predicted molar refractivity (Wildman–Crippen MR) is 75.9 cm³/mol. The molecule has 0 saturated heterocycles. The van der Waals surface area contributed by atoms with Crippen LogP contribution in [0.15, 0.2) is 42.0 Å². The molecule has 96 valence electrons. The molecule has 0 bridgehead atoms. The highest BCUT2D eigenvalue weighted by Gasteiger charge is 2.12. The summed E-state index contributed by atoms with van der Waals surface area (Å²) in [6, 6.07) is 8.58. The van der Waals surface area contributed by atoms with Gasteiger partial charge in [-0.05, 0) is 24.4 Å². The molecule has 1 atom stereocenters. The molecular weight excluding hydrogens is 261 g/mol. The summed E-state index contributed by atoms with van der Waals surface area (Å²) >= 11 is 1.56. The van der Waals surface area contributed by atoms with E-state index in [0.29, 0.717) is 5.56 Å². The first-order chi connectivity index (χ1) is 9.25. The molecule has 0 spiro atoms. The standard InChI is InChI=1S/C14H12FN3S/c1-9(10-4-2-3-5-12(10)15)18-13-11-6-7-19-14(11)17-8-16-13/h2-9H,1H3,(H,16,17,18). The largest absolute Gasteiger partial charge is 0.363 e. The van der Waals surface area contributed by atoms with Crippen molar-refractivity contribution in [2.45, 2.75) is 13.0 Å². The van der Waals surface area contributed by atoms with Gasteiger partial charge in [-0.1, -0.05) is 18.2 Å². The summed E-state index contributed by atoms with van der Waals surface area (Å²) in [5, 5.41) is 6.18. The molecule has 0 aliphatic heterocycles. The van der Waals surface area contributed by atoms with Gasteiger partial charge < -0.3 is 5.32 Å². The average Bonchev–Trinajstić information content (AvgIpc) is 2.88. The lowest BCUT2D eigenvalue weighted by molar-refractivity contribution is 0.600. The van der Waals surface area contributed by atoms with Gasteiger partial charge in [-0.15, -0.1) is 11.3 Å². The van der Waals surface area contributed by atoms with E-state index in [2.05, 4.69) is 15.3 Å². The average molecular weight is 273 g/mol. The third-order valence-electron chi connectivity index (χ3n) is 2.99. The minimum Gasteiger partial charge on any atom is -0.363 e. The number of benzene rings is 1. The van der Waals surface area contributed by atoms with E-state index in [-0.39, 0.29) is 11.9 Å². The van der Waals surface area contributed by atoms with Crippen molar-refractivity contribution in [2.24, 2.45) is 0 Å². The van der Waals surface area contributed by atoms with Crippen molar-refractivity contribution >= 4 is 27.4 Å². The maximum absolute atomic E-state index is 13.7. The number of aromatic nitrogens is 2. The third kappa shape index (κ3) is 2.29. The van der Waals surface area contributed by atoms with Gasteiger partial charge in [0.2, 0.25) is 0 Å². The fourth-order valence-corrected chi connectivity index (χ4v) is 2.75. The highest BCUT2D eigenvalue weighted by molar-refractivity contribution is 7.16. The summed E-state index contributed by atoms with van der Waals surface area (Å²) in [6.07, 6.45) is 1.52. The first-order valence-corrected chi connectivity index (χ1v) is 6.83. The van der Waals surface area contributed by atoms with Crippen LogP contribution in [0.3, 0.4) is 0 Å². The van der Waals surface area contributed by atoms with Crippen molar-refractivity contribution in [2.75, 3.05) is 5.32 Å². The summed E-state index contributed by atoms with van der Waals surface area (Å²) in [4.78, 5) is 9.36. The number of nitrogens with one attached hydrogen (secondary N) is 1. The van der Waals surface area contributed by atoms with E-state index in [0.717, 1.165) is 16.0 Å². The quantitative estimate of drug-likeness (QED) is 0.783. The van der Waals surface area contributed by atoms with Gasteiger partial charge in [0.05, 0.1) is 11.4 Å². The number of anilines is 1. The lowest BCUT2D eigenvalue weighted by Gasteiger charge is -2.15. The second-order valence-electron chi connectivity index (χ2n) is 4.25. The molecular formula is C14H12FN3S. The van der Waals surface area contributed by atoms with Gasteiger partial charge in [0.1, 0.15) is 22.8 Å². The van der Waals surface area contributed by atoms with Gasteiger partial charge in [0.15, 0.2) is 0 Å². The Labute approximate surface area is 114 Å². The first-order valence-electron chi connectivity index (χ1n) is 5.95. The molecule has 0 radical (unpaired) electrons. The van der Waals surface area contributed by atoms with Crippen molar-refractivity contribution in [3.8, 4) is 0 Å². The summed E-state index contributed by atoms with van der Waals surface area (Å²) < 4.78 is 13.7. The Balaban J connectivity index is 1.93. The Morgan fingerprint density at radius 3 is 2.89 bits per heavy atom. The Morgan fingerprint density at radius 1 is 1.21 bits per heavy atom. The molecule has 0 amide bonds. The van der Waals surface area contributed by atoms with Crippen LogP contribution in [0.2, 0.25) is 0 Å². The molecule has 0 fully saturated rings. The summed E-state index contributed by atoms with van der Waals surface area (Å²) in [7, 11) is 0. The number of fused-ring (bicyclic) bond motifs is 1. The molecule has 2 heterocycles. The van der Waals surface area contributed by atoms with E-state index in [1.165, 1.54) is 12.4 Å². The number of hydrogen-bond acceptors (Lipinski definition) is 4. The van der Waals surface area contributed by atoms with Gasteiger partial charge in [-0.2, -0.15) is 0 Å². The van der Waals surface area contributed by atoms with Crippen LogP contribution in [0, 0.1) is 5.82 Å². The van der Waals surface area contributed by atoms with E-state index in [1.54, 1.807) is 23.5 Å². The zero-order valence-electron chi connectivity index (χ0n) is 10.3. The smallest absolute Gasteiger partial charge is 0.138 e. The zero-order valence-corrected chi connectivity index (χ0v) is 11.1. The van der Waals surface area contributed by atoms with Gasteiger partial charge in [0.25, 0.3) is 0 Å². The van der Waals surface area contributed by atoms with Gasteiger partial charge in [-0.3, -0.25) is 0 Å². The van der Waals surface area contributed by atoms with Crippen molar-refractivity contribution < 1.29 is 4.39 Å². The predicted octanol–water partition coefficient (Wildman–Crippen LogP) is 4.00. The summed E-state index contributed by atoms with van der Waals surface area (Å²) in [5.41, 5.74) is 0.629. The molecule has 0 saturated carbocycles. The monoisotopic (exact) mass is 273 g/mol. The number of hydrogen-bond donors (Lipinski definition) is 1. The summed E-state index contributed by atoms with van der Waals surface area (Å²) in [5.74, 6) is 0.528. The molecule has 2 aromatic heterocycles. The number of thiophene rings is 1. The molecule has 19 heavy (non-hydrogen) atoms. The first kappa shape index (κ1) is 12.0. The van der Waals surface area contributed by atoms with Gasteiger partial charge >= 0.3 is 0 Å². The van der Waals surface area contributed by atoms with Crippen LogP contribution in [0.25, 0.3) is 10.2 Å². The second kappa shape index (κ2) is 4.93. The molecule has 3 rings (SSSR count). The normalized spacial score (nSPS) is 12.5. The van der Waals surface area contributed by atoms with Crippen molar-refractivity contribution in [3.05, 3.63) is 53.4 Å². The third-order valence-corrected chi connectivity index (χ3v) is 3.81. The fourth-order valence-electron chi connectivity index (χ4n) is 2.01. The highest BCUT2D eigenvalue weighted by Crippen LogP contribution is 2.27. The van der Waals surface area contributed by atoms with E-state index in [4.69, 9.17) is 0 Å². The lowest BCUT2D eigenvalue weighted by atomic mass is 10.1. The Kier molecular flexibility index (Phi) is 3.13. The molecule has 0 aliphatic rings. The zero-order chi connectivity index (χ0) is 13.2. The second-order valence-corrected chi connectivity index (χ2v) is 5.14.